The average Bonchev–Trinajstić information content (AvgIpc) is 3.37. The number of para-hydroxylation sites is 2. The van der Waals surface area contributed by atoms with Gasteiger partial charge in [-0.2, -0.15) is 0 Å². The zero-order chi connectivity index (χ0) is 27.5. The summed E-state index contributed by atoms with van der Waals surface area (Å²) in [7, 11) is 0. The largest absolute Gasteiger partial charge is 0.478 e. The third-order valence-electron chi connectivity index (χ3n) is 8.30. The third-order valence-corrected chi connectivity index (χ3v) is 8.62. The summed E-state index contributed by atoms with van der Waals surface area (Å²) in [4.78, 5) is 38.7. The second kappa shape index (κ2) is 9.39. The number of carbonyl (C=O) groups is 1. The Labute approximate surface area is 234 Å². The van der Waals surface area contributed by atoms with Crippen LogP contribution in [0.5, 0.6) is 0 Å². The maximum atomic E-state index is 13.7. The summed E-state index contributed by atoms with van der Waals surface area (Å²) in [6.07, 6.45) is 2.23. The van der Waals surface area contributed by atoms with Gasteiger partial charge < -0.3 is 31.0 Å². The molecule has 5 heterocycles. The number of carboxylic acids is 1. The van der Waals surface area contributed by atoms with E-state index in [1.54, 1.807) is 12.1 Å². The topological polar surface area (TPSA) is 140 Å². The van der Waals surface area contributed by atoms with Crippen molar-refractivity contribution in [2.45, 2.75) is 18.9 Å². The van der Waals surface area contributed by atoms with Crippen LogP contribution in [-0.4, -0.2) is 56.6 Å². The van der Waals surface area contributed by atoms with Gasteiger partial charge in [0, 0.05) is 34.8 Å². The third kappa shape index (κ3) is 4.09. The molecule has 0 saturated carbocycles. The van der Waals surface area contributed by atoms with E-state index in [0.29, 0.717) is 50.3 Å². The highest BCUT2D eigenvalue weighted by atomic mass is 35.5. The van der Waals surface area contributed by atoms with E-state index in [-0.39, 0.29) is 17.2 Å². The van der Waals surface area contributed by atoms with Gasteiger partial charge in [0.1, 0.15) is 11.4 Å². The number of benzene rings is 3. The van der Waals surface area contributed by atoms with Crippen molar-refractivity contribution in [1.82, 2.24) is 19.9 Å². The van der Waals surface area contributed by atoms with Crippen LogP contribution in [0.1, 0.15) is 23.2 Å². The number of piperidine rings is 3. The first-order valence-electron chi connectivity index (χ1n) is 13.3. The molecule has 3 aliphatic heterocycles. The SMILES string of the molecule is Nc1cc(C(=O)O)ccc1-c1cc2c(N[C@H]3CN4CCC3CC4)c(-c3nc4ccccc4[nH]3)c(=O)[nH]c2cc1Cl. The Bertz CT molecular complexity index is 1840. The van der Waals surface area contributed by atoms with Crippen LogP contribution in [0.25, 0.3) is 44.5 Å². The number of anilines is 2. The molecule has 1 atom stereocenters. The second-order valence-corrected chi connectivity index (χ2v) is 11.1. The molecule has 3 aliphatic rings. The van der Waals surface area contributed by atoms with Crippen LogP contribution in [0.15, 0.2) is 59.4 Å². The normalized spacial score (nSPS) is 20.3. The van der Waals surface area contributed by atoms with Gasteiger partial charge in [0.05, 0.1) is 32.8 Å². The highest BCUT2D eigenvalue weighted by molar-refractivity contribution is 6.34. The molecule has 202 valence electrons. The van der Waals surface area contributed by atoms with Crippen LogP contribution in [0.3, 0.4) is 0 Å². The quantitative estimate of drug-likeness (QED) is 0.189. The lowest BCUT2D eigenvalue weighted by Gasteiger charge is -2.45. The molecule has 3 saturated heterocycles. The van der Waals surface area contributed by atoms with Crippen LogP contribution < -0.4 is 16.6 Å². The number of hydrogen-bond acceptors (Lipinski definition) is 6. The van der Waals surface area contributed by atoms with E-state index >= 15 is 0 Å². The molecular weight excluding hydrogens is 528 g/mol. The van der Waals surface area contributed by atoms with E-state index in [1.807, 2.05) is 30.3 Å². The first-order valence-corrected chi connectivity index (χ1v) is 13.7. The Morgan fingerprint density at radius 2 is 1.85 bits per heavy atom. The smallest absolute Gasteiger partial charge is 0.335 e. The number of carboxylic acid groups (broad SMARTS) is 1. The van der Waals surface area contributed by atoms with Gasteiger partial charge in [-0.3, -0.25) is 4.79 Å². The predicted octanol–water partition coefficient (Wildman–Crippen LogP) is 5.18. The standard InChI is InChI=1S/C30H27ClN6O3/c31-20-13-24-19(12-18(20)17-6-5-16(30(39)40)11-21(17)32)27(33-25-14-37-9-7-15(25)8-10-37)26(29(38)36-24)28-34-22-3-1-2-4-23(22)35-28/h1-6,11-13,15,25H,7-10,14,32H2,(H,34,35)(H,39,40)(H2,33,36,38)/t25-/m0/s1. The molecule has 0 aliphatic carbocycles. The summed E-state index contributed by atoms with van der Waals surface area (Å²) in [5, 5.41) is 14.3. The maximum Gasteiger partial charge on any atom is 0.335 e. The summed E-state index contributed by atoms with van der Waals surface area (Å²) in [5.74, 6) is -0.0660. The number of nitrogens with zero attached hydrogens (tertiary/aromatic N) is 2. The zero-order valence-corrected chi connectivity index (χ0v) is 22.3. The molecule has 0 unspecified atom stereocenters. The van der Waals surface area contributed by atoms with Gasteiger partial charge in [0.2, 0.25) is 0 Å². The van der Waals surface area contributed by atoms with Crippen molar-refractivity contribution in [1.29, 1.82) is 0 Å². The first kappa shape index (κ1) is 24.7. The number of hydrogen-bond donors (Lipinski definition) is 5. The Kier molecular flexibility index (Phi) is 5.80. The van der Waals surface area contributed by atoms with Gasteiger partial charge in [0.25, 0.3) is 5.56 Å². The van der Waals surface area contributed by atoms with E-state index in [1.165, 1.54) is 12.1 Å². The van der Waals surface area contributed by atoms with Crippen molar-refractivity contribution in [3.05, 3.63) is 75.5 Å². The van der Waals surface area contributed by atoms with E-state index in [0.717, 1.165) is 48.9 Å². The molecule has 3 aromatic carbocycles. The molecule has 2 aromatic heterocycles. The number of aromatic nitrogens is 3. The molecular formula is C30H27ClN6O3. The molecule has 6 N–H and O–H groups in total. The number of imidazole rings is 1. The Morgan fingerprint density at radius 1 is 1.05 bits per heavy atom. The van der Waals surface area contributed by atoms with Crippen LogP contribution in [-0.2, 0) is 0 Å². The number of aromatic carboxylic acids is 1. The predicted molar refractivity (Wildman–Crippen MR) is 158 cm³/mol. The van der Waals surface area contributed by atoms with E-state index in [4.69, 9.17) is 22.3 Å². The molecule has 10 heteroatoms. The molecule has 5 aromatic rings. The number of H-pyrrole nitrogens is 2. The van der Waals surface area contributed by atoms with Crippen molar-refractivity contribution < 1.29 is 9.90 Å². The highest BCUT2D eigenvalue weighted by Crippen LogP contribution is 2.40. The minimum absolute atomic E-state index is 0.0966. The van der Waals surface area contributed by atoms with Crippen LogP contribution in [0, 0.1) is 5.92 Å². The zero-order valence-electron chi connectivity index (χ0n) is 21.5. The number of nitrogens with one attached hydrogen (secondary N) is 3. The molecule has 0 spiro atoms. The number of aromatic amines is 2. The van der Waals surface area contributed by atoms with Gasteiger partial charge in [-0.1, -0.05) is 29.8 Å². The van der Waals surface area contributed by atoms with E-state index in [9.17, 15) is 14.7 Å². The molecule has 8 rings (SSSR count). The van der Waals surface area contributed by atoms with Gasteiger partial charge in [-0.25, -0.2) is 9.78 Å². The minimum atomic E-state index is -1.06. The van der Waals surface area contributed by atoms with Crippen LogP contribution in [0.4, 0.5) is 11.4 Å². The fourth-order valence-electron chi connectivity index (χ4n) is 6.23. The van der Waals surface area contributed by atoms with Gasteiger partial charge in [0.15, 0.2) is 0 Å². The fraction of sp³-hybridized carbons (Fsp3) is 0.233. The Balaban J connectivity index is 1.46. The van der Waals surface area contributed by atoms with Crippen molar-refractivity contribution >= 4 is 50.9 Å². The number of fused-ring (bicyclic) bond motifs is 5. The highest BCUT2D eigenvalue weighted by Gasteiger charge is 2.35. The fourth-order valence-corrected chi connectivity index (χ4v) is 6.49. The van der Waals surface area contributed by atoms with Crippen LogP contribution in [0.2, 0.25) is 5.02 Å². The Hall–Kier alpha value is -4.34. The van der Waals surface area contributed by atoms with Gasteiger partial charge in [-0.05, 0) is 68.2 Å². The number of nitrogens with two attached hydrogens (primary N) is 1. The van der Waals surface area contributed by atoms with Crippen molar-refractivity contribution in [2.24, 2.45) is 5.92 Å². The Morgan fingerprint density at radius 3 is 2.55 bits per heavy atom. The van der Waals surface area contributed by atoms with E-state index < -0.39 is 5.97 Å². The molecule has 3 fully saturated rings. The summed E-state index contributed by atoms with van der Waals surface area (Å²) in [6, 6.07) is 16.1. The van der Waals surface area contributed by atoms with Crippen molar-refractivity contribution in [3.8, 4) is 22.5 Å². The van der Waals surface area contributed by atoms with Gasteiger partial charge >= 0.3 is 5.97 Å². The number of halogens is 1. The maximum absolute atomic E-state index is 13.7. The summed E-state index contributed by atoms with van der Waals surface area (Å²) >= 11 is 6.73. The van der Waals surface area contributed by atoms with E-state index in [2.05, 4.69) is 20.2 Å². The lowest BCUT2D eigenvalue weighted by molar-refractivity contribution is 0.0697. The average molecular weight is 555 g/mol. The summed E-state index contributed by atoms with van der Waals surface area (Å²) < 4.78 is 0. The van der Waals surface area contributed by atoms with Crippen LogP contribution >= 0.6 is 11.6 Å². The number of pyridine rings is 1. The molecule has 40 heavy (non-hydrogen) atoms. The summed E-state index contributed by atoms with van der Waals surface area (Å²) in [5.41, 5.74) is 11.0. The monoisotopic (exact) mass is 554 g/mol. The minimum Gasteiger partial charge on any atom is -0.478 e. The lowest BCUT2D eigenvalue weighted by atomic mass is 9.83. The number of rotatable bonds is 5. The molecule has 9 nitrogen and oxygen atoms in total. The second-order valence-electron chi connectivity index (χ2n) is 10.7. The molecule has 0 amide bonds. The van der Waals surface area contributed by atoms with Crippen molar-refractivity contribution in [3.63, 3.8) is 0 Å². The van der Waals surface area contributed by atoms with Crippen molar-refractivity contribution in [2.75, 3.05) is 30.7 Å². The molecule has 2 bridgehead atoms. The number of nitrogen functional groups attached to an aromatic ring is 1. The van der Waals surface area contributed by atoms with Gasteiger partial charge in [-0.15, -0.1) is 0 Å². The molecule has 0 radical (unpaired) electrons. The first-order chi connectivity index (χ1) is 19.4. The summed E-state index contributed by atoms with van der Waals surface area (Å²) in [6.45, 7) is 3.10. The lowest BCUT2D eigenvalue weighted by Crippen LogP contribution is -2.53.